The molecule has 14 nitrogen and oxygen atoms in total. The molecule has 248 valence electrons. The Bertz CT molecular complexity index is 2150. The number of thiazole rings is 1. The molecule has 2 heterocycles. The van der Waals surface area contributed by atoms with E-state index in [1.54, 1.807) is 42.5 Å². The average molecular weight is 675 g/mol. The number of aromatic nitrogens is 1. The van der Waals surface area contributed by atoms with E-state index in [4.69, 9.17) is 29.4 Å². The molecule has 1 amide bonds. The molecule has 1 atom stereocenters. The largest absolute Gasteiger partial charge is 0.493 e. The van der Waals surface area contributed by atoms with E-state index in [9.17, 15) is 24.5 Å². The molecule has 1 aliphatic rings. The summed E-state index contributed by atoms with van der Waals surface area (Å²) in [6.07, 6.45) is 1.60. The summed E-state index contributed by atoms with van der Waals surface area (Å²) in [7, 11) is 7.05. The summed E-state index contributed by atoms with van der Waals surface area (Å²) in [5.41, 5.74) is 6.90. The van der Waals surface area contributed by atoms with Crippen LogP contribution in [-0.4, -0.2) is 56.9 Å². The SMILES string of the molecule is COC(=O)C1=C(N)n2c(s/c(=C/c3ccc(OC)c(OC)c3)c2=O)=C(C(=O)Nc2ccc([N+](=O)[O-])cc2)C1c1ccc(OC)c(OC)c1. The second kappa shape index (κ2) is 13.7. The van der Waals surface area contributed by atoms with Crippen LogP contribution in [-0.2, 0) is 14.3 Å². The average Bonchev–Trinajstić information content (AvgIpc) is 3.42. The number of hydrogen-bond acceptors (Lipinski definition) is 12. The van der Waals surface area contributed by atoms with E-state index in [0.29, 0.717) is 34.1 Å². The van der Waals surface area contributed by atoms with Crippen LogP contribution in [0.2, 0.25) is 0 Å². The molecule has 0 radical (unpaired) electrons. The molecular weight excluding hydrogens is 644 g/mol. The summed E-state index contributed by atoms with van der Waals surface area (Å²) in [4.78, 5) is 52.4. The number of rotatable bonds is 10. The molecule has 15 heteroatoms. The van der Waals surface area contributed by atoms with Crippen LogP contribution in [0.1, 0.15) is 17.0 Å². The van der Waals surface area contributed by atoms with E-state index in [1.165, 1.54) is 52.7 Å². The number of benzene rings is 3. The number of nitrogens with zero attached hydrogens (tertiary/aromatic N) is 2. The van der Waals surface area contributed by atoms with Crippen molar-refractivity contribution < 1.29 is 38.2 Å². The van der Waals surface area contributed by atoms with Crippen molar-refractivity contribution in [2.75, 3.05) is 40.9 Å². The van der Waals surface area contributed by atoms with Gasteiger partial charge in [0.25, 0.3) is 17.2 Å². The van der Waals surface area contributed by atoms with Crippen LogP contribution in [0.25, 0.3) is 17.5 Å². The molecule has 1 unspecified atom stereocenters. The maximum absolute atomic E-state index is 14.3. The molecule has 0 fully saturated rings. The van der Waals surface area contributed by atoms with Gasteiger partial charge in [0.1, 0.15) is 10.5 Å². The number of nitro benzene ring substituents is 1. The molecular formula is C33H30N4O10S. The number of fused-ring (bicyclic) bond motifs is 1. The Balaban J connectivity index is 1.82. The Morgan fingerprint density at radius 1 is 0.875 bits per heavy atom. The van der Waals surface area contributed by atoms with Gasteiger partial charge in [0, 0.05) is 17.8 Å². The first kappa shape index (κ1) is 33.3. The van der Waals surface area contributed by atoms with Crippen LogP contribution in [0.15, 0.2) is 71.0 Å². The van der Waals surface area contributed by atoms with Gasteiger partial charge >= 0.3 is 5.97 Å². The quantitative estimate of drug-likeness (QED) is 0.143. The molecule has 1 aliphatic heterocycles. The van der Waals surface area contributed by atoms with E-state index >= 15 is 0 Å². The van der Waals surface area contributed by atoms with Crippen molar-refractivity contribution in [1.29, 1.82) is 0 Å². The minimum Gasteiger partial charge on any atom is -0.493 e. The van der Waals surface area contributed by atoms with E-state index in [1.807, 2.05) is 0 Å². The Morgan fingerprint density at radius 2 is 1.48 bits per heavy atom. The van der Waals surface area contributed by atoms with E-state index in [2.05, 4.69) is 5.32 Å². The van der Waals surface area contributed by atoms with E-state index < -0.39 is 28.3 Å². The van der Waals surface area contributed by atoms with Gasteiger partial charge in [-0.15, -0.1) is 11.3 Å². The molecule has 3 aromatic carbocycles. The van der Waals surface area contributed by atoms with Gasteiger partial charge in [-0.1, -0.05) is 12.1 Å². The van der Waals surface area contributed by atoms with Gasteiger partial charge in [-0.05, 0) is 53.6 Å². The highest BCUT2D eigenvalue weighted by Crippen LogP contribution is 2.41. The molecule has 0 saturated heterocycles. The van der Waals surface area contributed by atoms with Gasteiger partial charge in [0.05, 0.1) is 62.1 Å². The zero-order chi connectivity index (χ0) is 34.7. The number of esters is 1. The molecule has 48 heavy (non-hydrogen) atoms. The standard InChI is InChI=1S/C33H30N4O10S/c1-43-21-12-6-17(14-23(21)45-3)15-25-31(39)36-29(34)27(33(40)47-5)26(18-7-13-22(44-2)24(16-18)46-4)28(32(36)48-25)30(38)35-19-8-10-20(11-9-19)37(41)42/h6-16,26H,34H2,1-5H3,(H,35,38)/b25-15+. The number of amides is 1. The van der Waals surface area contributed by atoms with Crippen molar-refractivity contribution >= 4 is 52.1 Å². The molecule has 5 rings (SSSR count). The monoisotopic (exact) mass is 674 g/mol. The first-order chi connectivity index (χ1) is 23.1. The lowest BCUT2D eigenvalue weighted by molar-refractivity contribution is -0.384. The number of nitrogens with two attached hydrogens (primary N) is 1. The Kier molecular flexibility index (Phi) is 9.51. The van der Waals surface area contributed by atoms with Gasteiger partial charge in [0.15, 0.2) is 23.0 Å². The second-order valence-corrected chi connectivity index (χ2v) is 11.2. The molecule has 4 aromatic rings. The zero-order valence-electron chi connectivity index (χ0n) is 26.4. The lowest BCUT2D eigenvalue weighted by atomic mass is 9.82. The van der Waals surface area contributed by atoms with Crippen molar-refractivity contribution in [2.24, 2.45) is 5.73 Å². The highest BCUT2D eigenvalue weighted by Gasteiger charge is 2.39. The molecule has 0 spiro atoms. The molecule has 3 N–H and O–H groups in total. The third-order valence-corrected chi connectivity index (χ3v) is 8.69. The van der Waals surface area contributed by atoms with Crippen LogP contribution < -0.4 is 44.8 Å². The number of non-ortho nitro benzene ring substituents is 1. The first-order valence-corrected chi connectivity index (χ1v) is 14.9. The Labute approximate surface area is 277 Å². The van der Waals surface area contributed by atoms with Gasteiger partial charge in [-0.2, -0.15) is 0 Å². The summed E-state index contributed by atoms with van der Waals surface area (Å²) in [6, 6.07) is 15.1. The summed E-state index contributed by atoms with van der Waals surface area (Å²) < 4.78 is 28.2. The smallest absolute Gasteiger partial charge is 0.338 e. The summed E-state index contributed by atoms with van der Waals surface area (Å²) in [5.74, 6) is -1.33. The van der Waals surface area contributed by atoms with Gasteiger partial charge < -0.3 is 34.7 Å². The normalized spacial score (nSPS) is 14.2. The van der Waals surface area contributed by atoms with E-state index in [0.717, 1.165) is 23.0 Å². The fourth-order valence-electron chi connectivity index (χ4n) is 5.30. The van der Waals surface area contributed by atoms with Crippen LogP contribution in [0.4, 0.5) is 11.4 Å². The molecule has 0 saturated carbocycles. The van der Waals surface area contributed by atoms with Crippen LogP contribution in [0.5, 0.6) is 23.0 Å². The lowest BCUT2D eigenvalue weighted by Crippen LogP contribution is -2.42. The minimum absolute atomic E-state index is 0.00997. The maximum atomic E-state index is 14.3. The Morgan fingerprint density at radius 3 is 2.06 bits per heavy atom. The molecule has 0 aliphatic carbocycles. The lowest BCUT2D eigenvalue weighted by Gasteiger charge is -2.27. The number of nitrogens with one attached hydrogen (secondary N) is 1. The van der Waals surface area contributed by atoms with Gasteiger partial charge in [-0.3, -0.25) is 24.3 Å². The third-order valence-electron chi connectivity index (χ3n) is 7.58. The number of methoxy groups -OCH3 is 5. The number of hydrogen-bond donors (Lipinski definition) is 2. The van der Waals surface area contributed by atoms with E-state index in [-0.39, 0.29) is 37.5 Å². The summed E-state index contributed by atoms with van der Waals surface area (Å²) in [5, 5.41) is 13.9. The fraction of sp³-hybridized carbons (Fsp3) is 0.182. The number of nitro groups is 1. The van der Waals surface area contributed by atoms with Crippen LogP contribution >= 0.6 is 11.3 Å². The summed E-state index contributed by atoms with van der Waals surface area (Å²) >= 11 is 0.988. The number of ether oxygens (including phenoxy) is 5. The zero-order valence-corrected chi connectivity index (χ0v) is 27.2. The summed E-state index contributed by atoms with van der Waals surface area (Å²) in [6.45, 7) is 0. The second-order valence-electron chi connectivity index (χ2n) is 10.2. The van der Waals surface area contributed by atoms with Crippen LogP contribution in [0, 0.1) is 10.1 Å². The highest BCUT2D eigenvalue weighted by molar-refractivity contribution is 7.07. The maximum Gasteiger partial charge on any atom is 0.338 e. The van der Waals surface area contributed by atoms with Gasteiger partial charge in [0.2, 0.25) is 0 Å². The van der Waals surface area contributed by atoms with Crippen molar-refractivity contribution in [2.45, 2.75) is 5.92 Å². The first-order valence-electron chi connectivity index (χ1n) is 14.1. The highest BCUT2D eigenvalue weighted by atomic mass is 32.1. The van der Waals surface area contributed by atoms with Crippen molar-refractivity contribution in [3.63, 3.8) is 0 Å². The van der Waals surface area contributed by atoms with Crippen molar-refractivity contribution in [3.8, 4) is 23.0 Å². The van der Waals surface area contributed by atoms with Crippen LogP contribution in [0.3, 0.4) is 0 Å². The Hall–Kier alpha value is -6.09. The molecule has 1 aromatic heterocycles. The van der Waals surface area contributed by atoms with Crippen molar-refractivity contribution in [1.82, 2.24) is 4.57 Å². The predicted octanol–water partition coefficient (Wildman–Crippen LogP) is 2.57. The third kappa shape index (κ3) is 6.05. The number of carbonyl (C=O) groups excluding carboxylic acids is 2. The van der Waals surface area contributed by atoms with Gasteiger partial charge in [-0.25, -0.2) is 4.79 Å². The molecule has 0 bridgehead atoms. The number of anilines is 1. The number of carbonyl (C=O) groups is 2. The van der Waals surface area contributed by atoms with Crippen molar-refractivity contribution in [3.05, 3.63) is 107 Å². The minimum atomic E-state index is -1.15. The fourth-order valence-corrected chi connectivity index (χ4v) is 6.48. The predicted molar refractivity (Wildman–Crippen MR) is 178 cm³/mol. The topological polar surface area (TPSA) is 183 Å².